The molecule has 58 valence electrons. The van der Waals surface area contributed by atoms with E-state index >= 15 is 0 Å². The Morgan fingerprint density at radius 1 is 1.60 bits per heavy atom. The average molecular weight is 141 g/mol. The Bertz CT molecular complexity index is 106. The fraction of sp³-hybridized carbons (Fsp3) is 0.875. The molecule has 0 saturated carbocycles. The smallest absolute Gasteiger partial charge is 0.0621 e. The highest BCUT2D eigenvalue weighted by molar-refractivity contribution is 4.68. The number of ether oxygens (including phenoxy) is 1. The molecule has 0 N–H and O–H groups in total. The Balaban J connectivity index is 3.06. The highest BCUT2D eigenvalue weighted by Gasteiger charge is 1.99. The minimum atomic E-state index is 0.596. The van der Waals surface area contributed by atoms with E-state index in [1.807, 2.05) is 0 Å². The van der Waals surface area contributed by atoms with Gasteiger partial charge < -0.3 is 4.74 Å². The molecule has 0 bridgehead atoms. The van der Waals surface area contributed by atoms with Gasteiger partial charge in [0.15, 0.2) is 0 Å². The first kappa shape index (κ1) is 9.45. The van der Waals surface area contributed by atoms with Gasteiger partial charge in [0.1, 0.15) is 0 Å². The second kappa shape index (κ2) is 6.57. The summed E-state index contributed by atoms with van der Waals surface area (Å²) in [4.78, 5) is 0. The summed E-state index contributed by atoms with van der Waals surface area (Å²) in [5.41, 5.74) is 0. The molecule has 10 heavy (non-hydrogen) atoms. The second-order valence-electron chi connectivity index (χ2n) is 2.61. The fourth-order valence-electron chi connectivity index (χ4n) is 0.897. The molecule has 0 aromatic rings. The maximum atomic E-state index is 8.23. The van der Waals surface area contributed by atoms with Gasteiger partial charge in [0, 0.05) is 20.1 Å². The lowest BCUT2D eigenvalue weighted by molar-refractivity contribution is 0.155. The van der Waals surface area contributed by atoms with Gasteiger partial charge in [0.05, 0.1) is 6.07 Å². The number of methoxy groups -OCH3 is 1. The van der Waals surface area contributed by atoms with Gasteiger partial charge >= 0.3 is 0 Å². The molecule has 0 fully saturated rings. The van der Waals surface area contributed by atoms with Crippen molar-refractivity contribution in [2.45, 2.75) is 26.2 Å². The molecule has 0 aliphatic rings. The van der Waals surface area contributed by atoms with Crippen LogP contribution in [0.4, 0.5) is 0 Å². The summed E-state index contributed by atoms with van der Waals surface area (Å²) in [6, 6.07) is 2.12. The number of hydrogen-bond acceptors (Lipinski definition) is 2. The summed E-state index contributed by atoms with van der Waals surface area (Å²) in [7, 11) is 1.71. The SMILES string of the molecule is COCC(C)CCCC#N. The van der Waals surface area contributed by atoms with Crippen molar-refractivity contribution in [2.75, 3.05) is 13.7 Å². The topological polar surface area (TPSA) is 33.0 Å². The second-order valence-corrected chi connectivity index (χ2v) is 2.61. The van der Waals surface area contributed by atoms with Gasteiger partial charge in [-0.15, -0.1) is 0 Å². The predicted octanol–water partition coefficient (Wildman–Crippen LogP) is 1.96. The minimum Gasteiger partial charge on any atom is -0.384 e. The van der Waals surface area contributed by atoms with Gasteiger partial charge in [0.25, 0.3) is 0 Å². The lowest BCUT2D eigenvalue weighted by atomic mass is 10.1. The van der Waals surface area contributed by atoms with Crippen molar-refractivity contribution in [3.8, 4) is 6.07 Å². The first-order valence-corrected chi connectivity index (χ1v) is 3.67. The van der Waals surface area contributed by atoms with E-state index in [4.69, 9.17) is 10.00 Å². The van der Waals surface area contributed by atoms with Crippen molar-refractivity contribution in [1.82, 2.24) is 0 Å². The average Bonchev–Trinajstić information content (AvgIpc) is 1.89. The summed E-state index contributed by atoms with van der Waals surface area (Å²) in [5, 5.41) is 8.23. The van der Waals surface area contributed by atoms with Gasteiger partial charge in [-0.2, -0.15) is 5.26 Å². The van der Waals surface area contributed by atoms with Crippen LogP contribution in [-0.2, 0) is 4.74 Å². The van der Waals surface area contributed by atoms with E-state index in [2.05, 4.69) is 13.0 Å². The molecule has 2 heteroatoms. The van der Waals surface area contributed by atoms with E-state index in [-0.39, 0.29) is 0 Å². The number of nitrogens with zero attached hydrogens (tertiary/aromatic N) is 1. The first-order valence-electron chi connectivity index (χ1n) is 3.67. The van der Waals surface area contributed by atoms with Gasteiger partial charge in [-0.25, -0.2) is 0 Å². The Hall–Kier alpha value is -0.550. The monoisotopic (exact) mass is 141 g/mol. The largest absolute Gasteiger partial charge is 0.384 e. The van der Waals surface area contributed by atoms with Crippen molar-refractivity contribution in [1.29, 1.82) is 5.26 Å². The number of rotatable bonds is 5. The molecule has 0 radical (unpaired) electrons. The summed E-state index contributed by atoms with van der Waals surface area (Å²) in [6.07, 6.45) is 2.77. The summed E-state index contributed by atoms with van der Waals surface area (Å²) in [5.74, 6) is 0.596. The molecule has 0 saturated heterocycles. The molecule has 0 amide bonds. The van der Waals surface area contributed by atoms with Crippen LogP contribution in [0.3, 0.4) is 0 Å². The predicted molar refractivity (Wildman–Crippen MR) is 40.5 cm³/mol. The zero-order chi connectivity index (χ0) is 7.82. The van der Waals surface area contributed by atoms with Crippen LogP contribution < -0.4 is 0 Å². The van der Waals surface area contributed by atoms with Crippen LogP contribution >= 0.6 is 0 Å². The van der Waals surface area contributed by atoms with E-state index in [0.29, 0.717) is 12.3 Å². The fourth-order valence-corrected chi connectivity index (χ4v) is 0.897. The van der Waals surface area contributed by atoms with Crippen LogP contribution in [-0.4, -0.2) is 13.7 Å². The third kappa shape index (κ3) is 5.58. The molecule has 0 spiro atoms. The van der Waals surface area contributed by atoms with E-state index < -0.39 is 0 Å². The standard InChI is InChI=1S/C8H15NO/c1-8(7-10-2)5-3-4-6-9/h8H,3-5,7H2,1-2H3. The van der Waals surface area contributed by atoms with E-state index in [9.17, 15) is 0 Å². The first-order chi connectivity index (χ1) is 4.81. The Labute approximate surface area is 62.8 Å². The third-order valence-corrected chi connectivity index (χ3v) is 1.44. The molecule has 1 atom stereocenters. The van der Waals surface area contributed by atoms with Crippen molar-refractivity contribution < 1.29 is 4.74 Å². The van der Waals surface area contributed by atoms with Gasteiger partial charge in [0.2, 0.25) is 0 Å². The molecule has 0 aromatic heterocycles. The minimum absolute atomic E-state index is 0.596. The molecule has 1 unspecified atom stereocenters. The molecule has 0 rings (SSSR count). The van der Waals surface area contributed by atoms with Crippen molar-refractivity contribution in [3.63, 3.8) is 0 Å². The number of hydrogen-bond donors (Lipinski definition) is 0. The molecule has 0 aliphatic carbocycles. The summed E-state index contributed by atoms with van der Waals surface area (Å²) >= 11 is 0. The van der Waals surface area contributed by atoms with Crippen molar-refractivity contribution >= 4 is 0 Å². The van der Waals surface area contributed by atoms with Crippen molar-refractivity contribution in [2.24, 2.45) is 5.92 Å². The van der Waals surface area contributed by atoms with E-state index in [1.54, 1.807) is 7.11 Å². The molecule has 0 heterocycles. The molecule has 0 aliphatic heterocycles. The highest BCUT2D eigenvalue weighted by atomic mass is 16.5. The quantitative estimate of drug-likeness (QED) is 0.548. The number of nitriles is 1. The van der Waals surface area contributed by atoms with Crippen molar-refractivity contribution in [3.05, 3.63) is 0 Å². The van der Waals surface area contributed by atoms with Crippen LogP contribution in [0, 0.1) is 17.2 Å². The Kier molecular flexibility index (Phi) is 6.21. The molecule has 2 nitrogen and oxygen atoms in total. The van der Waals surface area contributed by atoms with Crippen LogP contribution in [0.25, 0.3) is 0 Å². The maximum Gasteiger partial charge on any atom is 0.0621 e. The van der Waals surface area contributed by atoms with Gasteiger partial charge in [-0.1, -0.05) is 6.92 Å². The van der Waals surface area contributed by atoms with Crippen LogP contribution in [0.1, 0.15) is 26.2 Å². The van der Waals surface area contributed by atoms with E-state index in [0.717, 1.165) is 19.4 Å². The van der Waals surface area contributed by atoms with Gasteiger partial charge in [-0.05, 0) is 18.8 Å². The summed E-state index contributed by atoms with van der Waals surface area (Å²) in [6.45, 7) is 2.95. The zero-order valence-electron chi connectivity index (χ0n) is 6.76. The number of unbranched alkanes of at least 4 members (excludes halogenated alkanes) is 1. The molecule has 0 aromatic carbocycles. The van der Waals surface area contributed by atoms with Crippen LogP contribution in [0.5, 0.6) is 0 Å². The Morgan fingerprint density at radius 2 is 2.30 bits per heavy atom. The summed E-state index contributed by atoms with van der Waals surface area (Å²) < 4.78 is 4.95. The van der Waals surface area contributed by atoms with Crippen LogP contribution in [0.2, 0.25) is 0 Å². The molecular weight excluding hydrogens is 126 g/mol. The van der Waals surface area contributed by atoms with Crippen LogP contribution in [0.15, 0.2) is 0 Å². The lowest BCUT2D eigenvalue weighted by Crippen LogP contribution is -2.02. The molecular formula is C8H15NO. The van der Waals surface area contributed by atoms with E-state index in [1.165, 1.54) is 0 Å². The normalized spacial score (nSPS) is 12.5. The Morgan fingerprint density at radius 3 is 2.80 bits per heavy atom. The highest BCUT2D eigenvalue weighted by Crippen LogP contribution is 2.06. The zero-order valence-corrected chi connectivity index (χ0v) is 6.76. The lowest BCUT2D eigenvalue weighted by Gasteiger charge is -2.06. The maximum absolute atomic E-state index is 8.23. The van der Waals surface area contributed by atoms with Gasteiger partial charge in [-0.3, -0.25) is 0 Å². The third-order valence-electron chi connectivity index (χ3n) is 1.44.